The molecule has 5 heteroatoms. The van der Waals surface area contributed by atoms with E-state index in [4.69, 9.17) is 13.9 Å². The van der Waals surface area contributed by atoms with E-state index >= 15 is 0 Å². The summed E-state index contributed by atoms with van der Waals surface area (Å²) in [6.07, 6.45) is 1.61. The predicted octanol–water partition coefficient (Wildman–Crippen LogP) is 5.14. The maximum atomic E-state index is 11.7. The highest BCUT2D eigenvalue weighted by Crippen LogP contribution is 2.30. The monoisotopic (exact) mass is 374 g/mol. The zero-order chi connectivity index (χ0) is 19.5. The summed E-state index contributed by atoms with van der Waals surface area (Å²) in [7, 11) is 1.54. The first-order chi connectivity index (χ1) is 13.7. The second-order valence-electron chi connectivity index (χ2n) is 6.27. The number of hydrogen-bond acceptors (Lipinski definition) is 4. The minimum atomic E-state index is -1.04. The Bertz CT molecular complexity index is 1190. The summed E-state index contributed by atoms with van der Waals surface area (Å²) in [5.41, 5.74) is 2.47. The van der Waals surface area contributed by atoms with Crippen molar-refractivity contribution in [3.63, 3.8) is 0 Å². The summed E-state index contributed by atoms with van der Waals surface area (Å²) in [5.74, 6) is 0.0130. The molecule has 4 rings (SSSR count). The van der Waals surface area contributed by atoms with Crippen LogP contribution in [0.15, 0.2) is 76.7 Å². The second kappa shape index (κ2) is 7.48. The van der Waals surface area contributed by atoms with E-state index in [1.165, 1.54) is 0 Å². The molecule has 0 bridgehead atoms. The number of furan rings is 1. The van der Waals surface area contributed by atoms with Gasteiger partial charge in [-0.15, -0.1) is 0 Å². The standard InChI is InChI=1S/C23H18O5/c1-26-21-8-4-5-9-22(21)27-14-16(23(24)25)12-15-10-11-20-18(13-15)17-6-2-3-7-19(17)28-20/h2-13H,14H2,1H3,(H,24,25)/b16-12+. The van der Waals surface area contributed by atoms with Gasteiger partial charge in [0.25, 0.3) is 0 Å². The van der Waals surface area contributed by atoms with Gasteiger partial charge in [-0.05, 0) is 42.0 Å². The summed E-state index contributed by atoms with van der Waals surface area (Å²) in [5, 5.41) is 11.5. The van der Waals surface area contributed by atoms with Crippen LogP contribution in [0.25, 0.3) is 28.0 Å². The first-order valence-electron chi connectivity index (χ1n) is 8.76. The summed E-state index contributed by atoms with van der Waals surface area (Å²) >= 11 is 0. The molecule has 1 N–H and O–H groups in total. The van der Waals surface area contributed by atoms with E-state index in [1.807, 2.05) is 48.5 Å². The van der Waals surface area contributed by atoms with Crippen LogP contribution < -0.4 is 9.47 Å². The van der Waals surface area contributed by atoms with Crippen LogP contribution in [-0.4, -0.2) is 24.8 Å². The molecule has 0 unspecified atom stereocenters. The summed E-state index contributed by atoms with van der Waals surface area (Å²) in [6, 6.07) is 20.5. The lowest BCUT2D eigenvalue weighted by Gasteiger charge is -2.10. The third-order valence-corrected chi connectivity index (χ3v) is 4.47. The Morgan fingerprint density at radius 1 is 0.964 bits per heavy atom. The van der Waals surface area contributed by atoms with Crippen molar-refractivity contribution in [2.45, 2.75) is 0 Å². The van der Waals surface area contributed by atoms with Gasteiger partial charge in [0.2, 0.25) is 0 Å². The van der Waals surface area contributed by atoms with Gasteiger partial charge in [0.15, 0.2) is 11.5 Å². The lowest BCUT2D eigenvalue weighted by Crippen LogP contribution is -2.10. The SMILES string of the molecule is COc1ccccc1OC/C(=C\c1ccc2oc3ccccc3c2c1)C(=O)O. The van der Waals surface area contributed by atoms with Gasteiger partial charge in [-0.1, -0.05) is 36.4 Å². The smallest absolute Gasteiger partial charge is 0.335 e. The van der Waals surface area contributed by atoms with Crippen molar-refractivity contribution in [2.75, 3.05) is 13.7 Å². The van der Waals surface area contributed by atoms with Gasteiger partial charge in [-0.3, -0.25) is 0 Å². The molecule has 4 aromatic rings. The van der Waals surface area contributed by atoms with Gasteiger partial charge < -0.3 is 19.0 Å². The van der Waals surface area contributed by atoms with Crippen molar-refractivity contribution in [1.29, 1.82) is 0 Å². The molecule has 0 radical (unpaired) electrons. The Hall–Kier alpha value is -3.73. The molecule has 0 spiro atoms. The van der Waals surface area contributed by atoms with Gasteiger partial charge in [-0.25, -0.2) is 4.79 Å². The van der Waals surface area contributed by atoms with Crippen LogP contribution in [-0.2, 0) is 4.79 Å². The number of fused-ring (bicyclic) bond motifs is 3. The number of benzene rings is 3. The number of aliphatic carboxylic acids is 1. The Kier molecular flexibility index (Phi) is 4.72. The Balaban J connectivity index is 1.65. The Morgan fingerprint density at radius 3 is 2.46 bits per heavy atom. The highest BCUT2D eigenvalue weighted by Gasteiger charge is 2.12. The van der Waals surface area contributed by atoms with Crippen molar-refractivity contribution >= 4 is 34.0 Å². The number of hydrogen-bond donors (Lipinski definition) is 1. The molecule has 0 aliphatic carbocycles. The highest BCUT2D eigenvalue weighted by atomic mass is 16.5. The van der Waals surface area contributed by atoms with Gasteiger partial charge >= 0.3 is 5.97 Å². The lowest BCUT2D eigenvalue weighted by atomic mass is 10.1. The van der Waals surface area contributed by atoms with Crippen LogP contribution in [0.4, 0.5) is 0 Å². The molecule has 28 heavy (non-hydrogen) atoms. The molecule has 0 saturated heterocycles. The van der Waals surface area contributed by atoms with Crippen LogP contribution in [0.3, 0.4) is 0 Å². The van der Waals surface area contributed by atoms with Crippen molar-refractivity contribution < 1.29 is 23.8 Å². The summed E-state index contributed by atoms with van der Waals surface area (Å²) < 4.78 is 16.7. The molecule has 1 aromatic heterocycles. The van der Waals surface area contributed by atoms with E-state index in [9.17, 15) is 9.90 Å². The summed E-state index contributed by atoms with van der Waals surface area (Å²) in [4.78, 5) is 11.7. The largest absolute Gasteiger partial charge is 0.493 e. The molecular formula is C23H18O5. The molecule has 0 amide bonds. The first kappa shape index (κ1) is 17.7. The number of carboxylic acid groups (broad SMARTS) is 1. The predicted molar refractivity (Wildman–Crippen MR) is 108 cm³/mol. The van der Waals surface area contributed by atoms with Gasteiger partial charge in [-0.2, -0.15) is 0 Å². The molecule has 0 atom stereocenters. The third kappa shape index (κ3) is 3.42. The normalized spacial score (nSPS) is 11.7. The number of carbonyl (C=O) groups is 1. The quantitative estimate of drug-likeness (QED) is 0.473. The van der Waals surface area contributed by atoms with Crippen molar-refractivity contribution in [3.05, 3.63) is 77.9 Å². The number of ether oxygens (including phenoxy) is 2. The molecule has 0 fully saturated rings. The second-order valence-corrected chi connectivity index (χ2v) is 6.27. The molecule has 5 nitrogen and oxygen atoms in total. The van der Waals surface area contributed by atoms with Gasteiger partial charge in [0.1, 0.15) is 17.8 Å². The van der Waals surface area contributed by atoms with Gasteiger partial charge in [0.05, 0.1) is 12.7 Å². The van der Waals surface area contributed by atoms with E-state index in [2.05, 4.69) is 0 Å². The van der Waals surface area contributed by atoms with Crippen molar-refractivity contribution in [1.82, 2.24) is 0 Å². The molecule has 3 aromatic carbocycles. The van der Waals surface area contributed by atoms with E-state index < -0.39 is 5.97 Å². The third-order valence-electron chi connectivity index (χ3n) is 4.47. The fourth-order valence-corrected chi connectivity index (χ4v) is 3.09. The Labute approximate surface area is 161 Å². The average molecular weight is 374 g/mol. The Morgan fingerprint density at radius 2 is 1.68 bits per heavy atom. The fourth-order valence-electron chi connectivity index (χ4n) is 3.09. The maximum Gasteiger partial charge on any atom is 0.335 e. The molecule has 0 aliphatic rings. The number of methoxy groups -OCH3 is 1. The zero-order valence-corrected chi connectivity index (χ0v) is 15.2. The number of rotatable bonds is 6. The van der Waals surface area contributed by atoms with E-state index in [-0.39, 0.29) is 12.2 Å². The topological polar surface area (TPSA) is 68.9 Å². The van der Waals surface area contributed by atoms with Crippen LogP contribution >= 0.6 is 0 Å². The summed E-state index contributed by atoms with van der Waals surface area (Å²) in [6.45, 7) is -0.0835. The van der Waals surface area contributed by atoms with E-state index in [0.717, 1.165) is 27.5 Å². The van der Waals surface area contributed by atoms with Crippen LogP contribution in [0.2, 0.25) is 0 Å². The first-order valence-corrected chi connectivity index (χ1v) is 8.76. The van der Waals surface area contributed by atoms with Crippen LogP contribution in [0.5, 0.6) is 11.5 Å². The molecule has 1 heterocycles. The molecule has 0 saturated carbocycles. The van der Waals surface area contributed by atoms with Crippen molar-refractivity contribution in [2.24, 2.45) is 0 Å². The highest BCUT2D eigenvalue weighted by molar-refractivity contribution is 6.05. The molecular weight excluding hydrogens is 356 g/mol. The number of para-hydroxylation sites is 3. The number of carboxylic acids is 1. The van der Waals surface area contributed by atoms with E-state index in [1.54, 1.807) is 31.4 Å². The maximum absolute atomic E-state index is 11.7. The molecule has 0 aliphatic heterocycles. The fraction of sp³-hybridized carbons (Fsp3) is 0.0870. The molecule has 140 valence electrons. The minimum Gasteiger partial charge on any atom is -0.493 e. The van der Waals surface area contributed by atoms with Crippen LogP contribution in [0.1, 0.15) is 5.56 Å². The minimum absolute atomic E-state index is 0.0835. The zero-order valence-electron chi connectivity index (χ0n) is 15.2. The van der Waals surface area contributed by atoms with E-state index in [0.29, 0.717) is 11.5 Å². The van der Waals surface area contributed by atoms with Crippen LogP contribution in [0, 0.1) is 0 Å². The van der Waals surface area contributed by atoms with Gasteiger partial charge in [0, 0.05) is 10.8 Å². The lowest BCUT2D eigenvalue weighted by molar-refractivity contribution is -0.132. The van der Waals surface area contributed by atoms with Crippen molar-refractivity contribution in [3.8, 4) is 11.5 Å². The average Bonchev–Trinajstić information content (AvgIpc) is 3.09.